The first kappa shape index (κ1) is 15.1. The van der Waals surface area contributed by atoms with Crippen molar-refractivity contribution in [1.82, 2.24) is 10.2 Å². The number of aliphatic carboxylic acids is 1. The lowest BCUT2D eigenvalue weighted by Crippen LogP contribution is -2.55. The SMILES string of the molecule is CCCC(CNC(=O)N1CCOC2CCCC21)C(=O)O. The second kappa shape index (κ2) is 6.92. The molecule has 20 heavy (non-hydrogen) atoms. The number of carbonyl (C=O) groups is 2. The zero-order valence-corrected chi connectivity index (χ0v) is 12.0. The number of carbonyl (C=O) groups excluding carboxylic acids is 1. The number of nitrogens with zero attached hydrogens (tertiary/aromatic N) is 1. The van der Waals surface area contributed by atoms with Crippen LogP contribution in [0.2, 0.25) is 0 Å². The van der Waals surface area contributed by atoms with Crippen molar-refractivity contribution in [2.24, 2.45) is 5.92 Å². The van der Waals surface area contributed by atoms with Crippen LogP contribution < -0.4 is 5.32 Å². The number of rotatable bonds is 5. The molecule has 0 spiro atoms. The largest absolute Gasteiger partial charge is 0.481 e. The van der Waals surface area contributed by atoms with Crippen molar-refractivity contribution in [3.05, 3.63) is 0 Å². The standard InChI is InChI=1S/C14H24N2O4/c1-2-4-10(13(17)18)9-15-14(19)16-7-8-20-12-6-3-5-11(12)16/h10-12H,2-9H2,1H3,(H,15,19)(H,17,18). The van der Waals surface area contributed by atoms with E-state index in [4.69, 9.17) is 9.84 Å². The Morgan fingerprint density at radius 1 is 1.45 bits per heavy atom. The number of nitrogens with one attached hydrogen (secondary N) is 1. The summed E-state index contributed by atoms with van der Waals surface area (Å²) < 4.78 is 5.67. The molecule has 2 amide bonds. The maximum Gasteiger partial charge on any atom is 0.317 e. The molecule has 0 aromatic carbocycles. The summed E-state index contributed by atoms with van der Waals surface area (Å²) >= 11 is 0. The summed E-state index contributed by atoms with van der Waals surface area (Å²) in [5, 5.41) is 11.9. The molecule has 3 atom stereocenters. The maximum atomic E-state index is 12.2. The van der Waals surface area contributed by atoms with Gasteiger partial charge in [-0.05, 0) is 25.7 Å². The maximum absolute atomic E-state index is 12.2. The number of hydrogen-bond acceptors (Lipinski definition) is 3. The second-order valence-corrected chi connectivity index (χ2v) is 5.61. The lowest BCUT2D eigenvalue weighted by molar-refractivity contribution is -0.141. The summed E-state index contributed by atoms with van der Waals surface area (Å²) in [5.74, 6) is -1.34. The lowest BCUT2D eigenvalue weighted by Gasteiger charge is -2.37. The Bertz CT molecular complexity index is 361. The van der Waals surface area contributed by atoms with Gasteiger partial charge in [-0.2, -0.15) is 0 Å². The first-order valence-electron chi connectivity index (χ1n) is 7.52. The Labute approximate surface area is 119 Å². The van der Waals surface area contributed by atoms with E-state index in [9.17, 15) is 9.59 Å². The van der Waals surface area contributed by atoms with Crippen molar-refractivity contribution < 1.29 is 19.4 Å². The molecule has 1 saturated heterocycles. The molecule has 114 valence electrons. The number of morpholine rings is 1. The molecule has 3 unspecified atom stereocenters. The van der Waals surface area contributed by atoms with E-state index in [0.717, 1.165) is 25.7 Å². The van der Waals surface area contributed by atoms with Crippen LogP contribution in [0.15, 0.2) is 0 Å². The molecule has 0 bridgehead atoms. The number of hydrogen-bond donors (Lipinski definition) is 2. The lowest BCUT2D eigenvalue weighted by atomic mass is 10.0. The summed E-state index contributed by atoms with van der Waals surface area (Å²) in [6.45, 7) is 3.32. The third-order valence-corrected chi connectivity index (χ3v) is 4.23. The highest BCUT2D eigenvalue weighted by molar-refractivity contribution is 5.76. The van der Waals surface area contributed by atoms with Gasteiger partial charge in [0, 0.05) is 13.1 Å². The van der Waals surface area contributed by atoms with Crippen molar-refractivity contribution in [1.29, 1.82) is 0 Å². The van der Waals surface area contributed by atoms with Crippen molar-refractivity contribution in [3.63, 3.8) is 0 Å². The minimum atomic E-state index is -0.840. The van der Waals surface area contributed by atoms with Crippen LogP contribution >= 0.6 is 0 Å². The van der Waals surface area contributed by atoms with Crippen LogP contribution in [0, 0.1) is 5.92 Å². The van der Waals surface area contributed by atoms with Crippen LogP contribution in [0.5, 0.6) is 0 Å². The summed E-state index contributed by atoms with van der Waals surface area (Å²) in [6.07, 6.45) is 4.64. The third-order valence-electron chi connectivity index (χ3n) is 4.23. The van der Waals surface area contributed by atoms with Crippen LogP contribution in [0.1, 0.15) is 39.0 Å². The van der Waals surface area contributed by atoms with Crippen LogP contribution in [-0.4, -0.2) is 53.8 Å². The molecule has 2 N–H and O–H groups in total. The highest BCUT2D eigenvalue weighted by Crippen LogP contribution is 2.29. The second-order valence-electron chi connectivity index (χ2n) is 5.61. The van der Waals surface area contributed by atoms with Gasteiger partial charge < -0.3 is 20.1 Å². The van der Waals surface area contributed by atoms with E-state index in [1.165, 1.54) is 0 Å². The highest BCUT2D eigenvalue weighted by atomic mass is 16.5. The topological polar surface area (TPSA) is 78.9 Å². The zero-order chi connectivity index (χ0) is 14.5. The Balaban J connectivity index is 1.86. The summed E-state index contributed by atoms with van der Waals surface area (Å²) in [7, 11) is 0. The number of urea groups is 1. The van der Waals surface area contributed by atoms with E-state index in [1.54, 1.807) is 0 Å². The zero-order valence-electron chi connectivity index (χ0n) is 12.0. The number of carboxylic acid groups (broad SMARTS) is 1. The first-order valence-corrected chi connectivity index (χ1v) is 7.52. The molecule has 1 saturated carbocycles. The molecular formula is C14H24N2O4. The number of amides is 2. The average Bonchev–Trinajstić information content (AvgIpc) is 2.90. The first-order chi connectivity index (χ1) is 9.63. The highest BCUT2D eigenvalue weighted by Gasteiger charge is 2.38. The smallest absolute Gasteiger partial charge is 0.317 e. The van der Waals surface area contributed by atoms with Crippen molar-refractivity contribution in [2.75, 3.05) is 19.7 Å². The van der Waals surface area contributed by atoms with E-state index in [0.29, 0.717) is 19.6 Å². The van der Waals surface area contributed by atoms with Gasteiger partial charge in [-0.3, -0.25) is 4.79 Å². The quantitative estimate of drug-likeness (QED) is 0.801. The fraction of sp³-hybridized carbons (Fsp3) is 0.857. The van der Waals surface area contributed by atoms with Gasteiger partial charge >= 0.3 is 12.0 Å². The molecule has 0 aromatic rings. The molecular weight excluding hydrogens is 260 g/mol. The van der Waals surface area contributed by atoms with Gasteiger partial charge in [-0.25, -0.2) is 4.79 Å². The van der Waals surface area contributed by atoms with Crippen molar-refractivity contribution >= 4 is 12.0 Å². The predicted molar refractivity (Wildman–Crippen MR) is 73.5 cm³/mol. The van der Waals surface area contributed by atoms with Gasteiger partial charge in [-0.1, -0.05) is 13.3 Å². The molecule has 0 aromatic heterocycles. The monoisotopic (exact) mass is 284 g/mol. The summed E-state index contributed by atoms with van der Waals surface area (Å²) in [5.41, 5.74) is 0. The Kier molecular flexibility index (Phi) is 5.23. The van der Waals surface area contributed by atoms with Gasteiger partial charge in [0.25, 0.3) is 0 Å². The van der Waals surface area contributed by atoms with E-state index in [1.807, 2.05) is 11.8 Å². The van der Waals surface area contributed by atoms with E-state index in [-0.39, 0.29) is 24.7 Å². The molecule has 2 rings (SSSR count). The van der Waals surface area contributed by atoms with Gasteiger partial charge in [-0.15, -0.1) is 0 Å². The summed E-state index contributed by atoms with van der Waals surface area (Å²) in [4.78, 5) is 25.1. The number of carboxylic acids is 1. The Morgan fingerprint density at radius 3 is 2.95 bits per heavy atom. The number of fused-ring (bicyclic) bond motifs is 1. The molecule has 2 fully saturated rings. The molecule has 0 radical (unpaired) electrons. The van der Waals surface area contributed by atoms with E-state index >= 15 is 0 Å². The minimum Gasteiger partial charge on any atom is -0.481 e. The Morgan fingerprint density at radius 2 is 2.25 bits per heavy atom. The fourth-order valence-corrected chi connectivity index (χ4v) is 3.15. The van der Waals surface area contributed by atoms with Crippen molar-refractivity contribution in [3.8, 4) is 0 Å². The van der Waals surface area contributed by atoms with E-state index in [2.05, 4.69) is 5.32 Å². The molecule has 1 heterocycles. The molecule has 2 aliphatic rings. The summed E-state index contributed by atoms with van der Waals surface area (Å²) in [6, 6.07) is 0.0192. The average molecular weight is 284 g/mol. The fourth-order valence-electron chi connectivity index (χ4n) is 3.15. The van der Waals surface area contributed by atoms with Gasteiger partial charge in [0.05, 0.1) is 24.7 Å². The van der Waals surface area contributed by atoms with Gasteiger partial charge in [0.1, 0.15) is 0 Å². The van der Waals surface area contributed by atoms with Crippen LogP contribution in [0.25, 0.3) is 0 Å². The molecule has 1 aliphatic carbocycles. The third kappa shape index (κ3) is 3.42. The van der Waals surface area contributed by atoms with Gasteiger partial charge in [0.2, 0.25) is 0 Å². The molecule has 1 aliphatic heterocycles. The number of ether oxygens (including phenoxy) is 1. The minimum absolute atomic E-state index is 0.146. The van der Waals surface area contributed by atoms with Crippen LogP contribution in [-0.2, 0) is 9.53 Å². The van der Waals surface area contributed by atoms with Crippen LogP contribution in [0.4, 0.5) is 4.79 Å². The predicted octanol–water partition coefficient (Wildman–Crippen LogP) is 1.45. The van der Waals surface area contributed by atoms with E-state index < -0.39 is 11.9 Å². The Hall–Kier alpha value is -1.30. The molecule has 6 nitrogen and oxygen atoms in total. The van der Waals surface area contributed by atoms with Crippen molar-refractivity contribution in [2.45, 2.75) is 51.2 Å². The normalized spacial score (nSPS) is 26.9. The van der Waals surface area contributed by atoms with Crippen LogP contribution in [0.3, 0.4) is 0 Å². The van der Waals surface area contributed by atoms with Gasteiger partial charge in [0.15, 0.2) is 0 Å². The molecule has 6 heteroatoms.